The van der Waals surface area contributed by atoms with Crippen LogP contribution in [0, 0.1) is 0 Å². The third-order valence-electron chi connectivity index (χ3n) is 11.0. The Bertz CT molecular complexity index is 927. The minimum absolute atomic E-state index is 0.00141. The van der Waals surface area contributed by atoms with E-state index in [0.717, 1.165) is 38.5 Å². The van der Waals surface area contributed by atoms with Gasteiger partial charge < -0.3 is 28.8 Å². The lowest BCUT2D eigenvalue weighted by molar-refractivity contribution is -0.870. The molecule has 0 rings (SSSR count). The highest BCUT2D eigenvalue weighted by Gasteiger charge is 2.23. The van der Waals surface area contributed by atoms with Crippen LogP contribution in [0.3, 0.4) is 0 Å². The molecule has 0 spiro atoms. The number of unbranched alkanes of at least 4 members (excludes halogenated alkanes) is 31. The monoisotopic (exact) mass is 815 g/mol. The van der Waals surface area contributed by atoms with Crippen molar-refractivity contribution in [1.29, 1.82) is 0 Å². The van der Waals surface area contributed by atoms with Crippen LogP contribution in [0.25, 0.3) is 0 Å². The topological polar surface area (TPSA) is 108 Å². The number of quaternary nitrogens is 1. The Kier molecular flexibility index (Phi) is 39.1. The minimum atomic E-state index is -4.57. The van der Waals surface area contributed by atoms with E-state index in [-0.39, 0.29) is 19.1 Å². The molecule has 0 aliphatic heterocycles. The highest BCUT2D eigenvalue weighted by Crippen LogP contribution is 2.38. The molecule has 0 bridgehead atoms. The SMILES string of the molecule is CCCCCCC/C=C/C(O)C(COP(=O)([O-])OCC[N+](C)(C)C)NC(=O)CCCCCCCCCCCCCCCCCCCCCCCCCCCCC. The Hall–Kier alpha value is -0.760. The first-order valence-corrected chi connectivity index (χ1v) is 25.5. The quantitative estimate of drug-likeness (QED) is 0.0274. The lowest BCUT2D eigenvalue weighted by Crippen LogP contribution is -2.45. The van der Waals surface area contributed by atoms with Crippen LogP contribution < -0.4 is 10.2 Å². The molecule has 0 aromatic carbocycles. The number of phosphoric ester groups is 1. The Morgan fingerprint density at radius 2 is 0.964 bits per heavy atom. The lowest BCUT2D eigenvalue weighted by Gasteiger charge is -2.29. The largest absolute Gasteiger partial charge is 0.756 e. The predicted octanol–water partition coefficient (Wildman–Crippen LogP) is 12.9. The van der Waals surface area contributed by atoms with Crippen molar-refractivity contribution in [3.05, 3.63) is 12.2 Å². The highest BCUT2D eigenvalue weighted by molar-refractivity contribution is 7.45. The molecule has 0 aliphatic carbocycles. The number of hydrogen-bond donors (Lipinski definition) is 2. The number of phosphoric acid groups is 1. The van der Waals surface area contributed by atoms with Gasteiger partial charge in [-0.3, -0.25) is 9.36 Å². The fraction of sp³-hybridized carbons (Fsp3) is 0.936. The molecule has 0 radical (unpaired) electrons. The van der Waals surface area contributed by atoms with E-state index in [1.807, 2.05) is 27.2 Å². The van der Waals surface area contributed by atoms with Crippen LogP contribution in [0.15, 0.2) is 12.2 Å². The van der Waals surface area contributed by atoms with Crippen molar-refractivity contribution in [1.82, 2.24) is 5.32 Å². The smallest absolute Gasteiger partial charge is 0.268 e. The average molecular weight is 815 g/mol. The molecule has 3 unspecified atom stereocenters. The van der Waals surface area contributed by atoms with Crippen molar-refractivity contribution < 1.29 is 32.9 Å². The van der Waals surface area contributed by atoms with Crippen molar-refractivity contribution in [3.63, 3.8) is 0 Å². The molecule has 0 aliphatic rings. The van der Waals surface area contributed by atoms with Crippen molar-refractivity contribution in [3.8, 4) is 0 Å². The molecule has 334 valence electrons. The van der Waals surface area contributed by atoms with E-state index in [9.17, 15) is 19.4 Å². The molecule has 0 aromatic heterocycles. The molecule has 8 nitrogen and oxygen atoms in total. The number of carbonyl (C=O) groups is 1. The second-order valence-electron chi connectivity index (χ2n) is 17.8. The van der Waals surface area contributed by atoms with E-state index >= 15 is 0 Å². The summed E-state index contributed by atoms with van der Waals surface area (Å²) in [4.78, 5) is 25.2. The maximum atomic E-state index is 12.8. The second-order valence-corrected chi connectivity index (χ2v) is 19.2. The number of nitrogens with one attached hydrogen (secondary N) is 1. The van der Waals surface area contributed by atoms with Crippen LogP contribution in [0.1, 0.15) is 232 Å². The van der Waals surface area contributed by atoms with Crippen molar-refractivity contribution in [2.45, 2.75) is 244 Å². The molecule has 0 aromatic rings. The van der Waals surface area contributed by atoms with Gasteiger partial charge in [0.1, 0.15) is 13.2 Å². The Labute approximate surface area is 348 Å². The zero-order valence-electron chi connectivity index (χ0n) is 37.9. The first kappa shape index (κ1) is 55.2. The molecule has 1 amide bonds. The number of aliphatic hydroxyl groups is 1. The summed E-state index contributed by atoms with van der Waals surface area (Å²) in [6.07, 6.45) is 45.9. The standard InChI is InChI=1S/C47H95N2O6P/c1-6-8-10-12-14-15-16-17-18-19-20-21-22-23-24-25-26-27-28-29-30-31-32-33-35-37-39-41-47(51)48-45(46(50)40-38-36-34-13-11-9-7-2)44-55-56(52,53)54-43-42-49(3,4)5/h38,40,45-46,50H,6-37,39,41-44H2,1-5H3,(H-,48,51,52,53)/b40-38+. The van der Waals surface area contributed by atoms with Gasteiger partial charge in [-0.1, -0.05) is 219 Å². The fourth-order valence-corrected chi connectivity index (χ4v) is 7.88. The maximum absolute atomic E-state index is 12.8. The molecule has 0 heterocycles. The summed E-state index contributed by atoms with van der Waals surface area (Å²) in [6, 6.07) is -0.878. The van der Waals surface area contributed by atoms with Gasteiger partial charge in [0.2, 0.25) is 5.91 Å². The maximum Gasteiger partial charge on any atom is 0.268 e. The van der Waals surface area contributed by atoms with E-state index in [4.69, 9.17) is 9.05 Å². The van der Waals surface area contributed by atoms with E-state index in [0.29, 0.717) is 17.4 Å². The number of allylic oxidation sites excluding steroid dienone is 1. The molecule has 56 heavy (non-hydrogen) atoms. The zero-order chi connectivity index (χ0) is 41.4. The van der Waals surface area contributed by atoms with Gasteiger partial charge in [-0.25, -0.2) is 0 Å². The summed E-state index contributed by atoms with van der Waals surface area (Å²) in [5.74, 6) is -0.197. The third-order valence-corrected chi connectivity index (χ3v) is 12.0. The van der Waals surface area contributed by atoms with Gasteiger partial charge in [0, 0.05) is 6.42 Å². The van der Waals surface area contributed by atoms with Crippen LogP contribution in [0.5, 0.6) is 0 Å². The van der Waals surface area contributed by atoms with Gasteiger partial charge in [-0.05, 0) is 19.3 Å². The van der Waals surface area contributed by atoms with Gasteiger partial charge in [0.15, 0.2) is 0 Å². The summed E-state index contributed by atoms with van der Waals surface area (Å²) in [5.41, 5.74) is 0. The molecular weight excluding hydrogens is 719 g/mol. The molecular formula is C47H95N2O6P. The van der Waals surface area contributed by atoms with Crippen LogP contribution in [-0.2, 0) is 18.4 Å². The van der Waals surface area contributed by atoms with Crippen LogP contribution in [0.2, 0.25) is 0 Å². The summed E-state index contributed by atoms with van der Waals surface area (Å²) < 4.78 is 23.1. The van der Waals surface area contributed by atoms with Gasteiger partial charge in [0.05, 0.1) is 39.9 Å². The van der Waals surface area contributed by atoms with Gasteiger partial charge in [-0.15, -0.1) is 0 Å². The summed E-state index contributed by atoms with van der Waals surface area (Å²) in [5, 5.41) is 13.7. The van der Waals surface area contributed by atoms with Gasteiger partial charge in [-0.2, -0.15) is 0 Å². The van der Waals surface area contributed by atoms with Gasteiger partial charge >= 0.3 is 0 Å². The molecule has 3 atom stereocenters. The fourth-order valence-electron chi connectivity index (χ4n) is 7.15. The Morgan fingerprint density at radius 3 is 1.34 bits per heavy atom. The first-order valence-electron chi connectivity index (χ1n) is 24.1. The number of amides is 1. The predicted molar refractivity (Wildman–Crippen MR) is 238 cm³/mol. The van der Waals surface area contributed by atoms with Crippen molar-refractivity contribution in [2.24, 2.45) is 0 Å². The normalized spacial score (nSPS) is 14.3. The number of hydrogen-bond acceptors (Lipinski definition) is 6. The molecule has 9 heteroatoms. The number of aliphatic hydroxyl groups excluding tert-OH is 1. The third kappa shape index (κ3) is 41.4. The first-order chi connectivity index (χ1) is 27.0. The number of nitrogens with zero attached hydrogens (tertiary/aromatic N) is 1. The molecule has 0 fully saturated rings. The number of carbonyl (C=O) groups excluding carboxylic acids is 1. The zero-order valence-corrected chi connectivity index (χ0v) is 38.7. The summed E-state index contributed by atoms with van der Waals surface area (Å²) >= 11 is 0. The van der Waals surface area contributed by atoms with Crippen molar-refractivity contribution in [2.75, 3.05) is 40.9 Å². The second kappa shape index (κ2) is 39.7. The number of likely N-dealkylation sites (N-methyl/N-ethyl adjacent to an activating group) is 1. The van der Waals surface area contributed by atoms with Crippen LogP contribution >= 0.6 is 7.82 Å². The lowest BCUT2D eigenvalue weighted by atomic mass is 10.0. The van der Waals surface area contributed by atoms with Crippen molar-refractivity contribution >= 4 is 13.7 Å². The molecule has 0 saturated carbocycles. The summed E-state index contributed by atoms with van der Waals surface area (Å²) in [7, 11) is 1.27. The molecule has 0 saturated heterocycles. The van der Waals surface area contributed by atoms with Crippen LogP contribution in [0.4, 0.5) is 0 Å². The average Bonchev–Trinajstić information content (AvgIpc) is 3.15. The summed E-state index contributed by atoms with van der Waals surface area (Å²) in [6.45, 7) is 4.60. The van der Waals surface area contributed by atoms with E-state index in [2.05, 4.69) is 19.2 Å². The van der Waals surface area contributed by atoms with E-state index < -0.39 is 20.0 Å². The number of rotatable bonds is 44. The minimum Gasteiger partial charge on any atom is -0.756 e. The van der Waals surface area contributed by atoms with Crippen LogP contribution in [-0.4, -0.2) is 68.5 Å². The van der Waals surface area contributed by atoms with E-state index in [1.54, 1.807) is 6.08 Å². The molecule has 2 N–H and O–H groups in total. The van der Waals surface area contributed by atoms with E-state index in [1.165, 1.54) is 173 Å². The Balaban J connectivity index is 3.96. The highest BCUT2D eigenvalue weighted by atomic mass is 31.2. The Morgan fingerprint density at radius 1 is 0.607 bits per heavy atom. The van der Waals surface area contributed by atoms with Gasteiger partial charge in [0.25, 0.3) is 7.82 Å².